The third-order valence-corrected chi connectivity index (χ3v) is 3.25. The molecule has 3 aromatic rings. The second-order valence-electron chi connectivity index (χ2n) is 3.16. The summed E-state index contributed by atoms with van der Waals surface area (Å²) >= 11 is 1.49. The molecular weight excluding hydrogens is 274 g/mol. The van der Waals surface area contributed by atoms with Gasteiger partial charge in [-0.05, 0) is 17.5 Å². The molecule has 1 N–H and O–H groups in total. The maximum atomic E-state index is 11.6. The van der Waals surface area contributed by atoms with Crippen molar-refractivity contribution < 1.29 is 0 Å². The van der Waals surface area contributed by atoms with Crippen LogP contribution in [0.3, 0.4) is 0 Å². The number of rotatable bonds is 0. The molecule has 0 spiro atoms. The summed E-state index contributed by atoms with van der Waals surface area (Å²) in [6, 6.07) is 9.86. The first-order valence-electron chi connectivity index (χ1n) is 4.34. The van der Waals surface area contributed by atoms with Gasteiger partial charge in [-0.15, -0.1) is 28.3 Å². The highest BCUT2D eigenvalue weighted by Crippen LogP contribution is 2.24. The molecule has 0 saturated carbocycles. The minimum absolute atomic E-state index is 0. The number of nitrogens with one attached hydrogen (secondary N) is 1. The molecule has 0 aliphatic carbocycles. The number of H-pyrrole nitrogens is 1. The van der Waals surface area contributed by atoms with E-state index in [1.54, 1.807) is 0 Å². The van der Waals surface area contributed by atoms with E-state index in [1.165, 1.54) is 11.3 Å². The van der Waals surface area contributed by atoms with Gasteiger partial charge >= 0.3 is 0 Å². The van der Waals surface area contributed by atoms with Crippen LogP contribution in [-0.4, -0.2) is 4.98 Å². The first kappa shape index (κ1) is 10.4. The molecule has 2 heterocycles. The molecular formula is C11H8BrNOS. The molecule has 0 atom stereocenters. The molecule has 3 rings (SSSR count). The van der Waals surface area contributed by atoms with Gasteiger partial charge in [0.2, 0.25) is 0 Å². The van der Waals surface area contributed by atoms with Crippen molar-refractivity contribution in [3.63, 3.8) is 0 Å². The lowest BCUT2D eigenvalue weighted by Crippen LogP contribution is -2.03. The number of para-hydroxylation sites is 1. The Labute approximate surface area is 100 Å². The van der Waals surface area contributed by atoms with Crippen LogP contribution in [0.4, 0.5) is 0 Å². The van der Waals surface area contributed by atoms with Gasteiger partial charge < -0.3 is 4.98 Å². The standard InChI is InChI=1S/C11H7NOS.BrH/c13-11-10-8(5-6-14-10)7-3-1-2-4-9(7)12-11;/h1-6H,(H,12,13);1H. The molecule has 0 amide bonds. The molecule has 4 heteroatoms. The monoisotopic (exact) mass is 281 g/mol. The molecule has 0 unspecified atom stereocenters. The predicted molar refractivity (Wildman–Crippen MR) is 70.3 cm³/mol. The zero-order valence-corrected chi connectivity index (χ0v) is 10.2. The number of benzene rings is 1. The van der Waals surface area contributed by atoms with Gasteiger partial charge in [-0.1, -0.05) is 18.2 Å². The Morgan fingerprint density at radius 1 is 1.07 bits per heavy atom. The first-order valence-corrected chi connectivity index (χ1v) is 5.22. The number of aromatic amines is 1. The number of pyridine rings is 1. The van der Waals surface area contributed by atoms with Gasteiger partial charge in [0.05, 0.1) is 0 Å². The van der Waals surface area contributed by atoms with Gasteiger partial charge in [0.15, 0.2) is 0 Å². The van der Waals surface area contributed by atoms with E-state index < -0.39 is 0 Å². The molecule has 0 aliphatic heterocycles. The maximum absolute atomic E-state index is 11.6. The summed E-state index contributed by atoms with van der Waals surface area (Å²) in [4.78, 5) is 14.5. The summed E-state index contributed by atoms with van der Waals surface area (Å²) in [7, 11) is 0. The van der Waals surface area contributed by atoms with Crippen molar-refractivity contribution in [3.05, 3.63) is 46.1 Å². The number of hydrogen-bond donors (Lipinski definition) is 1. The van der Waals surface area contributed by atoms with Gasteiger partial charge in [-0.2, -0.15) is 0 Å². The van der Waals surface area contributed by atoms with Crippen LogP contribution in [0.15, 0.2) is 40.5 Å². The highest BCUT2D eigenvalue weighted by Gasteiger charge is 2.04. The van der Waals surface area contributed by atoms with E-state index in [0.29, 0.717) is 0 Å². The van der Waals surface area contributed by atoms with Gasteiger partial charge in [0, 0.05) is 16.3 Å². The van der Waals surface area contributed by atoms with Crippen LogP contribution in [0.25, 0.3) is 21.0 Å². The van der Waals surface area contributed by atoms with Crippen molar-refractivity contribution in [1.82, 2.24) is 4.98 Å². The van der Waals surface area contributed by atoms with Crippen LogP contribution in [0.2, 0.25) is 0 Å². The Morgan fingerprint density at radius 3 is 2.73 bits per heavy atom. The molecule has 0 aliphatic rings. The third kappa shape index (κ3) is 1.50. The van der Waals surface area contributed by atoms with Crippen LogP contribution in [0.1, 0.15) is 0 Å². The number of halogens is 1. The van der Waals surface area contributed by atoms with E-state index in [-0.39, 0.29) is 22.5 Å². The van der Waals surface area contributed by atoms with Crippen LogP contribution in [0, 0.1) is 0 Å². The summed E-state index contributed by atoms with van der Waals surface area (Å²) in [5, 5.41) is 4.12. The van der Waals surface area contributed by atoms with Crippen LogP contribution in [-0.2, 0) is 0 Å². The van der Waals surface area contributed by atoms with Crippen molar-refractivity contribution in [2.75, 3.05) is 0 Å². The Balaban J connectivity index is 0.000000853. The normalized spacial score (nSPS) is 10.4. The minimum Gasteiger partial charge on any atom is -0.321 e. The van der Waals surface area contributed by atoms with E-state index in [2.05, 4.69) is 4.98 Å². The van der Waals surface area contributed by atoms with E-state index in [4.69, 9.17) is 0 Å². The fourth-order valence-electron chi connectivity index (χ4n) is 1.70. The van der Waals surface area contributed by atoms with Crippen molar-refractivity contribution in [1.29, 1.82) is 0 Å². The summed E-state index contributed by atoms with van der Waals surface area (Å²) in [5.74, 6) is 0. The third-order valence-electron chi connectivity index (χ3n) is 2.34. The molecule has 1 aromatic carbocycles. The van der Waals surface area contributed by atoms with Crippen molar-refractivity contribution in [2.45, 2.75) is 0 Å². The van der Waals surface area contributed by atoms with Crippen molar-refractivity contribution >= 4 is 49.3 Å². The molecule has 76 valence electrons. The van der Waals surface area contributed by atoms with E-state index >= 15 is 0 Å². The molecule has 2 aromatic heterocycles. The van der Waals surface area contributed by atoms with Crippen LogP contribution in [0.5, 0.6) is 0 Å². The molecule has 0 saturated heterocycles. The highest BCUT2D eigenvalue weighted by molar-refractivity contribution is 8.93. The molecule has 0 fully saturated rings. The summed E-state index contributed by atoms with van der Waals surface area (Å²) in [6.07, 6.45) is 0. The topological polar surface area (TPSA) is 32.9 Å². The Kier molecular flexibility index (Phi) is 2.63. The fraction of sp³-hybridized carbons (Fsp3) is 0. The lowest BCUT2D eigenvalue weighted by atomic mass is 10.1. The average Bonchev–Trinajstić information content (AvgIpc) is 2.67. The van der Waals surface area contributed by atoms with Crippen molar-refractivity contribution in [2.24, 2.45) is 0 Å². The van der Waals surface area contributed by atoms with E-state index in [9.17, 15) is 4.79 Å². The highest BCUT2D eigenvalue weighted by atomic mass is 79.9. The molecule has 0 radical (unpaired) electrons. The Hall–Kier alpha value is -1.13. The van der Waals surface area contributed by atoms with Gasteiger partial charge in [0.25, 0.3) is 5.56 Å². The Morgan fingerprint density at radius 2 is 1.87 bits per heavy atom. The fourth-order valence-corrected chi connectivity index (χ4v) is 2.51. The van der Waals surface area contributed by atoms with E-state index in [0.717, 1.165) is 21.0 Å². The molecule has 15 heavy (non-hydrogen) atoms. The molecule has 0 bridgehead atoms. The van der Waals surface area contributed by atoms with Crippen molar-refractivity contribution in [3.8, 4) is 0 Å². The summed E-state index contributed by atoms with van der Waals surface area (Å²) in [6.45, 7) is 0. The zero-order valence-electron chi connectivity index (χ0n) is 7.69. The first-order chi connectivity index (χ1) is 6.86. The summed E-state index contributed by atoms with van der Waals surface area (Å²) < 4.78 is 0.809. The largest absolute Gasteiger partial charge is 0.321 e. The SMILES string of the molecule is Br.O=c1[nH]c2ccccc2c2ccsc12. The average molecular weight is 282 g/mol. The maximum Gasteiger partial charge on any atom is 0.266 e. The molecule has 2 nitrogen and oxygen atoms in total. The Bertz CT molecular complexity index is 671. The number of thiophene rings is 1. The zero-order chi connectivity index (χ0) is 9.54. The lowest BCUT2D eigenvalue weighted by molar-refractivity contribution is 1.36. The van der Waals surface area contributed by atoms with Gasteiger partial charge in [-0.3, -0.25) is 4.79 Å². The number of fused-ring (bicyclic) bond motifs is 3. The lowest BCUT2D eigenvalue weighted by Gasteiger charge is -1.97. The van der Waals surface area contributed by atoms with Gasteiger partial charge in [0.1, 0.15) is 4.70 Å². The second-order valence-corrected chi connectivity index (χ2v) is 4.08. The smallest absolute Gasteiger partial charge is 0.266 e. The van der Waals surface area contributed by atoms with Crippen LogP contribution < -0.4 is 5.56 Å². The second kappa shape index (κ2) is 3.79. The van der Waals surface area contributed by atoms with E-state index in [1.807, 2.05) is 35.7 Å². The number of hydrogen-bond acceptors (Lipinski definition) is 2. The van der Waals surface area contributed by atoms with Gasteiger partial charge in [-0.25, -0.2) is 0 Å². The van der Waals surface area contributed by atoms with Crippen LogP contribution >= 0.6 is 28.3 Å². The number of aromatic nitrogens is 1. The minimum atomic E-state index is 0. The predicted octanol–water partition coefficient (Wildman–Crippen LogP) is 3.32. The summed E-state index contributed by atoms with van der Waals surface area (Å²) in [5.41, 5.74) is 0.914. The quantitative estimate of drug-likeness (QED) is 0.674.